The molecule has 0 unspecified atom stereocenters. The Morgan fingerprint density at radius 1 is 1.35 bits per heavy atom. The number of amides is 1. The number of rotatable bonds is 5. The lowest BCUT2D eigenvalue weighted by Crippen LogP contribution is -2.27. The number of carbonyl (C=O) groups is 1. The number of benzene rings is 1. The van der Waals surface area contributed by atoms with E-state index in [1.54, 1.807) is 25.2 Å². The molecule has 1 heterocycles. The molecule has 7 nitrogen and oxygen atoms in total. The van der Waals surface area contributed by atoms with Crippen LogP contribution >= 0.6 is 0 Å². The van der Waals surface area contributed by atoms with Crippen LogP contribution in [0.15, 0.2) is 24.5 Å². The number of aromatic nitrogens is 3. The summed E-state index contributed by atoms with van der Waals surface area (Å²) in [6.45, 7) is 0.333. The van der Waals surface area contributed by atoms with Gasteiger partial charge in [0.05, 0.1) is 26.3 Å². The average molecular weight is 276 g/mol. The monoisotopic (exact) mass is 276 g/mol. The quantitative estimate of drug-likeness (QED) is 0.884. The molecule has 0 bridgehead atoms. The van der Waals surface area contributed by atoms with E-state index < -0.39 is 0 Å². The molecule has 0 aliphatic carbocycles. The van der Waals surface area contributed by atoms with Crippen molar-refractivity contribution in [1.29, 1.82) is 0 Å². The number of hydrogen-bond donors (Lipinski definition) is 1. The van der Waals surface area contributed by atoms with Gasteiger partial charge in [-0.25, -0.2) is 4.98 Å². The lowest BCUT2D eigenvalue weighted by atomic mass is 10.1. The summed E-state index contributed by atoms with van der Waals surface area (Å²) in [5.74, 6) is 1.37. The molecule has 0 aliphatic heterocycles. The van der Waals surface area contributed by atoms with Crippen LogP contribution in [0.3, 0.4) is 0 Å². The van der Waals surface area contributed by atoms with Crippen molar-refractivity contribution in [2.45, 2.75) is 6.54 Å². The maximum Gasteiger partial charge on any atom is 0.257 e. The van der Waals surface area contributed by atoms with Crippen LogP contribution in [0.2, 0.25) is 0 Å². The highest BCUT2D eigenvalue weighted by atomic mass is 16.5. The summed E-state index contributed by atoms with van der Waals surface area (Å²) in [6, 6.07) is 5.18. The Hall–Kier alpha value is -2.57. The maximum atomic E-state index is 12.4. The third-order valence-electron chi connectivity index (χ3n) is 2.83. The minimum atomic E-state index is -0.183. The van der Waals surface area contributed by atoms with Gasteiger partial charge in [-0.2, -0.15) is 5.10 Å². The first-order valence-corrected chi connectivity index (χ1v) is 5.98. The Balaban J connectivity index is 2.24. The van der Waals surface area contributed by atoms with Crippen molar-refractivity contribution in [3.05, 3.63) is 35.9 Å². The number of methoxy groups -OCH3 is 2. The molecule has 1 aromatic heterocycles. The van der Waals surface area contributed by atoms with Gasteiger partial charge in [0.25, 0.3) is 5.91 Å². The topological polar surface area (TPSA) is 80.3 Å². The van der Waals surface area contributed by atoms with Gasteiger partial charge in [-0.15, -0.1) is 0 Å². The average Bonchev–Trinajstić information content (AvgIpc) is 2.98. The minimum Gasteiger partial charge on any atom is -0.493 e. The van der Waals surface area contributed by atoms with Gasteiger partial charge in [0.2, 0.25) is 0 Å². The van der Waals surface area contributed by atoms with Crippen molar-refractivity contribution in [3.8, 4) is 11.5 Å². The largest absolute Gasteiger partial charge is 0.493 e. The zero-order valence-electron chi connectivity index (χ0n) is 11.6. The third-order valence-corrected chi connectivity index (χ3v) is 2.83. The summed E-state index contributed by atoms with van der Waals surface area (Å²) in [7, 11) is 4.72. The molecule has 0 aliphatic rings. The SMILES string of the molecule is COc1cccc(C(=O)N(C)Cc2ncn[nH]2)c1OC. The number of aromatic amines is 1. The maximum absolute atomic E-state index is 12.4. The van der Waals surface area contributed by atoms with Crippen molar-refractivity contribution in [2.75, 3.05) is 21.3 Å². The Labute approximate surface area is 116 Å². The number of carbonyl (C=O) groups excluding carboxylic acids is 1. The van der Waals surface area contributed by atoms with Gasteiger partial charge in [0.1, 0.15) is 12.2 Å². The van der Waals surface area contributed by atoms with Gasteiger partial charge in [-0.3, -0.25) is 9.89 Å². The Bertz CT molecular complexity index is 583. The van der Waals surface area contributed by atoms with Gasteiger partial charge in [0, 0.05) is 7.05 Å². The van der Waals surface area contributed by atoms with E-state index in [1.165, 1.54) is 25.4 Å². The highest BCUT2D eigenvalue weighted by molar-refractivity contribution is 5.97. The second kappa shape index (κ2) is 6.05. The summed E-state index contributed by atoms with van der Waals surface area (Å²) in [5, 5.41) is 6.46. The van der Waals surface area contributed by atoms with E-state index in [9.17, 15) is 4.79 Å². The molecule has 0 saturated carbocycles. The lowest BCUT2D eigenvalue weighted by molar-refractivity contribution is 0.0777. The first-order chi connectivity index (χ1) is 9.67. The van der Waals surface area contributed by atoms with Crippen LogP contribution in [0.5, 0.6) is 11.5 Å². The fraction of sp³-hybridized carbons (Fsp3) is 0.308. The van der Waals surface area contributed by atoms with E-state index in [-0.39, 0.29) is 5.91 Å². The van der Waals surface area contributed by atoms with Crippen LogP contribution in [-0.2, 0) is 6.54 Å². The normalized spacial score (nSPS) is 10.2. The molecule has 2 aromatic rings. The highest BCUT2D eigenvalue weighted by Gasteiger charge is 2.20. The van der Waals surface area contributed by atoms with Crippen LogP contribution in [0.1, 0.15) is 16.2 Å². The molecular formula is C13H16N4O3. The molecular weight excluding hydrogens is 260 g/mol. The van der Waals surface area contributed by atoms with Crippen LogP contribution in [0, 0.1) is 0 Å². The Morgan fingerprint density at radius 2 is 2.15 bits per heavy atom. The van der Waals surface area contributed by atoms with E-state index in [0.717, 1.165) is 0 Å². The molecule has 0 saturated heterocycles. The highest BCUT2D eigenvalue weighted by Crippen LogP contribution is 2.31. The lowest BCUT2D eigenvalue weighted by Gasteiger charge is -2.18. The first kappa shape index (κ1) is 13.9. The van der Waals surface area contributed by atoms with Crippen LogP contribution in [-0.4, -0.2) is 47.3 Å². The molecule has 1 aromatic carbocycles. The van der Waals surface area contributed by atoms with Crippen molar-refractivity contribution in [3.63, 3.8) is 0 Å². The van der Waals surface area contributed by atoms with Gasteiger partial charge >= 0.3 is 0 Å². The van der Waals surface area contributed by atoms with Crippen molar-refractivity contribution in [1.82, 2.24) is 20.1 Å². The second-order valence-corrected chi connectivity index (χ2v) is 4.13. The van der Waals surface area contributed by atoms with Crippen LogP contribution in [0.25, 0.3) is 0 Å². The number of nitrogens with one attached hydrogen (secondary N) is 1. The van der Waals surface area contributed by atoms with Crippen molar-refractivity contribution >= 4 is 5.91 Å². The van der Waals surface area contributed by atoms with Gasteiger partial charge in [0.15, 0.2) is 11.5 Å². The van der Waals surface area contributed by atoms with Crippen molar-refractivity contribution < 1.29 is 14.3 Å². The second-order valence-electron chi connectivity index (χ2n) is 4.13. The number of ether oxygens (including phenoxy) is 2. The zero-order chi connectivity index (χ0) is 14.5. The van der Waals surface area contributed by atoms with Crippen LogP contribution < -0.4 is 9.47 Å². The molecule has 1 N–H and O–H groups in total. The van der Waals surface area contributed by atoms with E-state index in [2.05, 4.69) is 15.2 Å². The molecule has 0 fully saturated rings. The molecule has 0 atom stereocenters. The van der Waals surface area contributed by atoms with E-state index in [4.69, 9.17) is 9.47 Å². The number of hydrogen-bond acceptors (Lipinski definition) is 5. The molecule has 106 valence electrons. The van der Waals surface area contributed by atoms with Crippen molar-refractivity contribution in [2.24, 2.45) is 0 Å². The fourth-order valence-electron chi connectivity index (χ4n) is 1.86. The Kier molecular flexibility index (Phi) is 4.19. The zero-order valence-corrected chi connectivity index (χ0v) is 11.6. The van der Waals surface area contributed by atoms with E-state index >= 15 is 0 Å². The summed E-state index contributed by atoms with van der Waals surface area (Å²) >= 11 is 0. The summed E-state index contributed by atoms with van der Waals surface area (Å²) < 4.78 is 10.5. The third kappa shape index (κ3) is 2.71. The molecule has 0 spiro atoms. The molecule has 2 rings (SSSR count). The van der Waals surface area contributed by atoms with E-state index in [0.29, 0.717) is 29.4 Å². The predicted octanol–water partition coefficient (Wildman–Crippen LogP) is 1.09. The molecule has 1 amide bonds. The molecule has 0 radical (unpaired) electrons. The molecule has 20 heavy (non-hydrogen) atoms. The van der Waals surface area contributed by atoms with Gasteiger partial charge in [-0.05, 0) is 12.1 Å². The number of nitrogens with zero attached hydrogens (tertiary/aromatic N) is 3. The van der Waals surface area contributed by atoms with Crippen LogP contribution in [0.4, 0.5) is 0 Å². The fourth-order valence-corrected chi connectivity index (χ4v) is 1.86. The first-order valence-electron chi connectivity index (χ1n) is 5.98. The summed E-state index contributed by atoms with van der Waals surface area (Å²) in [4.78, 5) is 18.0. The predicted molar refractivity (Wildman–Crippen MR) is 71.7 cm³/mol. The smallest absolute Gasteiger partial charge is 0.257 e. The number of para-hydroxylation sites is 1. The van der Waals surface area contributed by atoms with Gasteiger partial charge < -0.3 is 14.4 Å². The molecule has 7 heteroatoms. The summed E-state index contributed by atoms with van der Waals surface area (Å²) in [5.41, 5.74) is 0.439. The van der Waals surface area contributed by atoms with Gasteiger partial charge in [-0.1, -0.05) is 6.07 Å². The Morgan fingerprint density at radius 3 is 2.75 bits per heavy atom. The number of H-pyrrole nitrogens is 1. The standard InChI is InChI=1S/C13H16N4O3/c1-17(7-11-14-8-15-16-11)13(18)9-5-4-6-10(19-2)12(9)20-3/h4-6,8H,7H2,1-3H3,(H,14,15,16). The minimum absolute atomic E-state index is 0.183. The van der Waals surface area contributed by atoms with E-state index in [1.807, 2.05) is 0 Å². The summed E-state index contributed by atoms with van der Waals surface area (Å²) in [6.07, 6.45) is 1.40.